The molecule has 0 saturated heterocycles. The minimum Gasteiger partial charge on any atom is -0.492 e. The molecular formula is C17H18ClN3O3S. The SMILES string of the molecule is Cc1ccccc1OCCN(C)S(=O)(=O)c1c(Cl)nc2ccccn12. The van der Waals surface area contributed by atoms with E-state index in [0.29, 0.717) is 5.65 Å². The first-order valence-electron chi connectivity index (χ1n) is 7.68. The fraction of sp³-hybridized carbons (Fsp3) is 0.235. The molecule has 0 unspecified atom stereocenters. The van der Waals surface area contributed by atoms with Gasteiger partial charge >= 0.3 is 0 Å². The van der Waals surface area contributed by atoms with Gasteiger partial charge in [-0.05, 0) is 30.7 Å². The minimum atomic E-state index is -3.80. The highest BCUT2D eigenvalue weighted by atomic mass is 35.5. The largest absolute Gasteiger partial charge is 0.492 e. The molecule has 0 aliphatic carbocycles. The molecule has 2 aromatic heterocycles. The molecule has 132 valence electrons. The van der Waals surface area contributed by atoms with Gasteiger partial charge in [-0.1, -0.05) is 35.9 Å². The van der Waals surface area contributed by atoms with Crippen LogP contribution >= 0.6 is 11.6 Å². The van der Waals surface area contributed by atoms with Crippen molar-refractivity contribution in [3.63, 3.8) is 0 Å². The van der Waals surface area contributed by atoms with Gasteiger partial charge in [-0.3, -0.25) is 4.40 Å². The van der Waals surface area contributed by atoms with Crippen LogP contribution in [0.3, 0.4) is 0 Å². The molecule has 0 aliphatic rings. The molecule has 6 nitrogen and oxygen atoms in total. The van der Waals surface area contributed by atoms with Crippen molar-refractivity contribution in [2.75, 3.05) is 20.2 Å². The second-order valence-corrected chi connectivity index (χ2v) is 7.90. The van der Waals surface area contributed by atoms with Gasteiger partial charge in [0.2, 0.25) is 0 Å². The number of rotatable bonds is 6. The van der Waals surface area contributed by atoms with Crippen LogP contribution in [0.4, 0.5) is 0 Å². The van der Waals surface area contributed by atoms with E-state index >= 15 is 0 Å². The molecule has 2 heterocycles. The van der Waals surface area contributed by atoms with Gasteiger partial charge in [0, 0.05) is 19.8 Å². The Morgan fingerprint density at radius 3 is 2.68 bits per heavy atom. The molecule has 0 radical (unpaired) electrons. The smallest absolute Gasteiger partial charge is 0.262 e. The van der Waals surface area contributed by atoms with Crippen LogP contribution in [0.1, 0.15) is 5.56 Å². The summed E-state index contributed by atoms with van der Waals surface area (Å²) in [7, 11) is -2.30. The Hall–Kier alpha value is -2.09. The zero-order valence-electron chi connectivity index (χ0n) is 13.9. The number of ether oxygens (including phenoxy) is 1. The average molecular weight is 380 g/mol. The van der Waals surface area contributed by atoms with Crippen molar-refractivity contribution in [1.82, 2.24) is 13.7 Å². The summed E-state index contributed by atoms with van der Waals surface area (Å²) < 4.78 is 34.1. The first kappa shape index (κ1) is 17.7. The van der Waals surface area contributed by atoms with Crippen LogP contribution in [0.15, 0.2) is 53.7 Å². The average Bonchev–Trinajstić information content (AvgIpc) is 2.92. The summed E-state index contributed by atoms with van der Waals surface area (Å²) in [6.07, 6.45) is 1.62. The molecule has 0 aliphatic heterocycles. The fourth-order valence-electron chi connectivity index (χ4n) is 2.45. The third kappa shape index (κ3) is 3.49. The predicted molar refractivity (Wildman–Crippen MR) is 96.7 cm³/mol. The normalized spacial score (nSPS) is 12.0. The van der Waals surface area contributed by atoms with E-state index in [1.807, 2.05) is 31.2 Å². The summed E-state index contributed by atoms with van der Waals surface area (Å²) in [6.45, 7) is 2.36. The highest BCUT2D eigenvalue weighted by Crippen LogP contribution is 2.25. The van der Waals surface area contributed by atoms with Gasteiger partial charge < -0.3 is 4.74 Å². The maximum atomic E-state index is 12.9. The standard InChI is InChI=1S/C17H18ClN3O3S/c1-13-7-3-4-8-14(13)24-12-11-20(2)25(22,23)17-16(18)19-15-9-5-6-10-21(15)17/h3-10H,11-12H2,1-2H3. The monoisotopic (exact) mass is 379 g/mol. The van der Waals surface area contributed by atoms with Crippen LogP contribution in [0.25, 0.3) is 5.65 Å². The van der Waals surface area contributed by atoms with Crippen LogP contribution in [0.2, 0.25) is 5.15 Å². The predicted octanol–water partition coefficient (Wildman–Crippen LogP) is 3.00. The Bertz CT molecular complexity index is 1000. The maximum Gasteiger partial charge on any atom is 0.262 e. The van der Waals surface area contributed by atoms with Gasteiger partial charge in [-0.25, -0.2) is 13.4 Å². The molecule has 0 bridgehead atoms. The Morgan fingerprint density at radius 2 is 1.92 bits per heavy atom. The lowest BCUT2D eigenvalue weighted by atomic mass is 10.2. The van der Waals surface area contributed by atoms with Crippen LogP contribution in [0.5, 0.6) is 5.75 Å². The van der Waals surface area contributed by atoms with E-state index in [1.54, 1.807) is 24.4 Å². The van der Waals surface area contributed by atoms with E-state index in [2.05, 4.69) is 4.98 Å². The number of pyridine rings is 1. The Morgan fingerprint density at radius 1 is 1.20 bits per heavy atom. The highest BCUT2D eigenvalue weighted by Gasteiger charge is 2.28. The van der Waals surface area contributed by atoms with E-state index in [-0.39, 0.29) is 23.3 Å². The summed E-state index contributed by atoms with van der Waals surface area (Å²) in [5, 5.41) is -0.0824. The van der Waals surface area contributed by atoms with Crippen LogP contribution < -0.4 is 4.74 Å². The lowest BCUT2D eigenvalue weighted by molar-refractivity contribution is 0.285. The number of halogens is 1. The van der Waals surface area contributed by atoms with Crippen molar-refractivity contribution in [1.29, 1.82) is 0 Å². The Labute approximate surface area is 151 Å². The molecule has 8 heteroatoms. The molecule has 3 rings (SSSR count). The zero-order valence-corrected chi connectivity index (χ0v) is 15.5. The first-order valence-corrected chi connectivity index (χ1v) is 9.50. The number of sulfonamides is 1. The topological polar surface area (TPSA) is 63.9 Å². The fourth-order valence-corrected chi connectivity index (χ4v) is 4.19. The van der Waals surface area contributed by atoms with Crippen molar-refractivity contribution in [2.45, 2.75) is 11.9 Å². The van der Waals surface area contributed by atoms with E-state index in [4.69, 9.17) is 16.3 Å². The molecule has 1 aromatic carbocycles. The third-order valence-electron chi connectivity index (χ3n) is 3.86. The van der Waals surface area contributed by atoms with Crippen LogP contribution in [-0.2, 0) is 10.0 Å². The lowest BCUT2D eigenvalue weighted by Gasteiger charge is -2.17. The number of aromatic nitrogens is 2. The van der Waals surface area contributed by atoms with E-state index in [9.17, 15) is 8.42 Å². The lowest BCUT2D eigenvalue weighted by Crippen LogP contribution is -2.32. The summed E-state index contributed by atoms with van der Waals surface area (Å²) >= 11 is 6.08. The maximum absolute atomic E-state index is 12.9. The van der Waals surface area contributed by atoms with Gasteiger partial charge in [0.1, 0.15) is 18.0 Å². The third-order valence-corrected chi connectivity index (χ3v) is 6.12. The van der Waals surface area contributed by atoms with Crippen LogP contribution in [0, 0.1) is 6.92 Å². The van der Waals surface area contributed by atoms with Crippen molar-refractivity contribution in [3.05, 3.63) is 59.4 Å². The second-order valence-electron chi connectivity index (χ2n) is 5.58. The minimum absolute atomic E-state index is 0.0387. The van der Waals surface area contributed by atoms with E-state index in [1.165, 1.54) is 15.8 Å². The molecule has 0 atom stereocenters. The van der Waals surface area contributed by atoms with Gasteiger partial charge in [0.25, 0.3) is 10.0 Å². The van der Waals surface area contributed by atoms with Crippen molar-refractivity contribution in [3.8, 4) is 5.75 Å². The van der Waals surface area contributed by atoms with Gasteiger partial charge in [0.05, 0.1) is 0 Å². The molecule has 0 N–H and O–H groups in total. The number of aryl methyl sites for hydroxylation is 1. The summed E-state index contributed by atoms with van der Waals surface area (Å²) in [4.78, 5) is 4.09. The second kappa shape index (κ2) is 7.03. The summed E-state index contributed by atoms with van der Waals surface area (Å²) in [5.74, 6) is 0.737. The Balaban J connectivity index is 1.77. The number of para-hydroxylation sites is 1. The van der Waals surface area contributed by atoms with E-state index < -0.39 is 10.0 Å². The number of imidazole rings is 1. The molecule has 0 amide bonds. The quantitative estimate of drug-likeness (QED) is 0.660. The number of benzene rings is 1. The summed E-state index contributed by atoms with van der Waals surface area (Å²) in [5.41, 5.74) is 1.48. The molecule has 0 spiro atoms. The number of fused-ring (bicyclic) bond motifs is 1. The molecule has 3 aromatic rings. The highest BCUT2D eigenvalue weighted by molar-refractivity contribution is 7.89. The van der Waals surface area contributed by atoms with Crippen molar-refractivity contribution >= 4 is 27.3 Å². The number of nitrogens with zero attached hydrogens (tertiary/aromatic N) is 3. The first-order chi connectivity index (χ1) is 11.9. The van der Waals surface area contributed by atoms with Gasteiger partial charge in [0.15, 0.2) is 10.2 Å². The number of hydrogen-bond donors (Lipinski definition) is 0. The van der Waals surface area contributed by atoms with Crippen molar-refractivity contribution in [2.24, 2.45) is 0 Å². The molecular weight excluding hydrogens is 362 g/mol. The van der Waals surface area contributed by atoms with Gasteiger partial charge in [-0.2, -0.15) is 4.31 Å². The molecule has 0 saturated carbocycles. The molecule has 25 heavy (non-hydrogen) atoms. The Kier molecular flexibility index (Phi) is 4.99. The number of hydrogen-bond acceptors (Lipinski definition) is 4. The van der Waals surface area contributed by atoms with Gasteiger partial charge in [-0.15, -0.1) is 0 Å². The summed E-state index contributed by atoms with van der Waals surface area (Å²) in [6, 6.07) is 12.8. The van der Waals surface area contributed by atoms with E-state index in [0.717, 1.165) is 11.3 Å². The molecule has 0 fully saturated rings. The zero-order chi connectivity index (χ0) is 18.0. The van der Waals surface area contributed by atoms with Crippen LogP contribution in [-0.4, -0.2) is 42.3 Å². The number of likely N-dealkylation sites (N-methyl/N-ethyl adjacent to an activating group) is 1. The van der Waals surface area contributed by atoms with Crippen molar-refractivity contribution < 1.29 is 13.2 Å².